The monoisotopic (exact) mass is 354 g/mol. The number of ether oxygens (including phenoxy) is 1. The molecule has 1 fully saturated rings. The Hall–Kier alpha value is -2.67. The highest BCUT2D eigenvalue weighted by Gasteiger charge is 2.15. The molecule has 3 heterocycles. The van der Waals surface area contributed by atoms with Gasteiger partial charge in [0.1, 0.15) is 5.82 Å². The first kappa shape index (κ1) is 18.1. The Morgan fingerprint density at radius 3 is 2.73 bits per heavy atom. The number of hydrogen-bond acceptors (Lipinski definition) is 5. The molecule has 0 amide bonds. The first-order valence-electron chi connectivity index (χ1n) is 9.05. The van der Waals surface area contributed by atoms with E-state index in [1.807, 2.05) is 30.5 Å². The van der Waals surface area contributed by atoms with Crippen molar-refractivity contribution in [2.75, 3.05) is 37.7 Å². The van der Waals surface area contributed by atoms with E-state index in [4.69, 9.17) is 9.73 Å². The van der Waals surface area contributed by atoms with Crippen LogP contribution in [0.2, 0.25) is 0 Å². The minimum absolute atomic E-state index is 0.568. The summed E-state index contributed by atoms with van der Waals surface area (Å²) in [5.74, 6) is 1.77. The van der Waals surface area contributed by atoms with Crippen LogP contribution in [0.4, 0.5) is 5.82 Å². The third kappa shape index (κ3) is 5.16. The van der Waals surface area contributed by atoms with Gasteiger partial charge in [-0.2, -0.15) is 0 Å². The van der Waals surface area contributed by atoms with Crippen molar-refractivity contribution >= 4 is 11.8 Å². The fourth-order valence-corrected chi connectivity index (χ4v) is 2.80. The molecule has 1 aliphatic heterocycles. The van der Waals surface area contributed by atoms with Gasteiger partial charge in [-0.1, -0.05) is 12.1 Å². The molecule has 0 bridgehead atoms. The summed E-state index contributed by atoms with van der Waals surface area (Å²) in [6, 6.07) is 9.94. The Morgan fingerprint density at radius 1 is 1.12 bits per heavy atom. The van der Waals surface area contributed by atoms with Crippen LogP contribution in [0.1, 0.15) is 18.2 Å². The summed E-state index contributed by atoms with van der Waals surface area (Å²) < 4.78 is 5.44. The fraction of sp³-hybridized carbons (Fsp3) is 0.421. The van der Waals surface area contributed by atoms with Gasteiger partial charge in [0.15, 0.2) is 5.96 Å². The molecule has 0 aromatic carbocycles. The van der Waals surface area contributed by atoms with E-state index in [0.717, 1.165) is 55.9 Å². The summed E-state index contributed by atoms with van der Waals surface area (Å²) in [5, 5.41) is 6.61. The Kier molecular flexibility index (Phi) is 6.78. The highest BCUT2D eigenvalue weighted by molar-refractivity contribution is 5.79. The zero-order valence-electron chi connectivity index (χ0n) is 15.2. The van der Waals surface area contributed by atoms with Crippen LogP contribution < -0.4 is 15.5 Å². The van der Waals surface area contributed by atoms with E-state index in [2.05, 4.69) is 38.5 Å². The molecule has 2 aromatic heterocycles. The van der Waals surface area contributed by atoms with Crippen LogP contribution in [0.5, 0.6) is 0 Å². The lowest BCUT2D eigenvalue weighted by Crippen LogP contribution is -2.38. The summed E-state index contributed by atoms with van der Waals surface area (Å²) in [6.07, 6.45) is 3.63. The van der Waals surface area contributed by atoms with Crippen molar-refractivity contribution in [1.29, 1.82) is 0 Å². The average molecular weight is 354 g/mol. The first-order valence-corrected chi connectivity index (χ1v) is 9.05. The second kappa shape index (κ2) is 9.72. The lowest BCUT2D eigenvalue weighted by molar-refractivity contribution is 0.122. The van der Waals surface area contributed by atoms with Gasteiger partial charge in [0, 0.05) is 37.6 Å². The molecular weight excluding hydrogens is 328 g/mol. The topological polar surface area (TPSA) is 74.7 Å². The molecule has 0 aliphatic carbocycles. The highest BCUT2D eigenvalue weighted by atomic mass is 16.5. The van der Waals surface area contributed by atoms with E-state index < -0.39 is 0 Å². The number of guanidine groups is 1. The van der Waals surface area contributed by atoms with Gasteiger partial charge in [-0.05, 0) is 25.1 Å². The number of rotatable bonds is 6. The van der Waals surface area contributed by atoms with Gasteiger partial charge in [0.2, 0.25) is 0 Å². The number of pyridine rings is 2. The number of hydrogen-bond donors (Lipinski definition) is 2. The van der Waals surface area contributed by atoms with Gasteiger partial charge >= 0.3 is 0 Å². The van der Waals surface area contributed by atoms with Crippen molar-refractivity contribution in [2.45, 2.75) is 20.0 Å². The maximum Gasteiger partial charge on any atom is 0.191 e. The van der Waals surface area contributed by atoms with Crippen LogP contribution >= 0.6 is 0 Å². The Labute approximate surface area is 154 Å². The average Bonchev–Trinajstić information content (AvgIpc) is 2.72. The van der Waals surface area contributed by atoms with E-state index in [1.54, 1.807) is 6.20 Å². The summed E-state index contributed by atoms with van der Waals surface area (Å²) in [5.41, 5.74) is 2.10. The van der Waals surface area contributed by atoms with E-state index in [1.165, 1.54) is 0 Å². The third-order valence-electron chi connectivity index (χ3n) is 4.09. The van der Waals surface area contributed by atoms with E-state index in [9.17, 15) is 0 Å². The molecule has 138 valence electrons. The number of nitrogens with zero attached hydrogens (tertiary/aromatic N) is 4. The normalized spacial score (nSPS) is 15.0. The van der Waals surface area contributed by atoms with Gasteiger partial charge in [0.05, 0.1) is 32.0 Å². The van der Waals surface area contributed by atoms with Crippen molar-refractivity contribution in [1.82, 2.24) is 20.6 Å². The number of nitrogens with one attached hydrogen (secondary N) is 2. The number of aromatic nitrogens is 2. The minimum Gasteiger partial charge on any atom is -0.378 e. The van der Waals surface area contributed by atoms with Crippen molar-refractivity contribution in [3.63, 3.8) is 0 Å². The zero-order chi connectivity index (χ0) is 18.0. The molecular formula is C19H26N6O. The smallest absolute Gasteiger partial charge is 0.191 e. The Bertz CT molecular complexity index is 700. The predicted octanol–water partition coefficient (Wildman–Crippen LogP) is 1.57. The number of anilines is 1. The largest absolute Gasteiger partial charge is 0.378 e. The SMILES string of the molecule is CCNC(=NCc1cccnc1N1CCOCC1)NCc1ccccn1. The fourth-order valence-electron chi connectivity index (χ4n) is 2.80. The van der Waals surface area contributed by atoms with Gasteiger partial charge in [-0.15, -0.1) is 0 Å². The van der Waals surface area contributed by atoms with Gasteiger partial charge in [-0.25, -0.2) is 9.98 Å². The van der Waals surface area contributed by atoms with Crippen molar-refractivity contribution < 1.29 is 4.74 Å². The quantitative estimate of drug-likeness (QED) is 0.606. The lowest BCUT2D eigenvalue weighted by atomic mass is 10.2. The maximum atomic E-state index is 5.44. The van der Waals surface area contributed by atoms with E-state index in [-0.39, 0.29) is 0 Å². The zero-order valence-corrected chi connectivity index (χ0v) is 15.2. The summed E-state index contributed by atoms with van der Waals surface area (Å²) in [4.78, 5) is 15.9. The molecule has 0 atom stereocenters. The van der Waals surface area contributed by atoms with Gasteiger partial charge < -0.3 is 20.3 Å². The number of aliphatic imine (C=N–C) groups is 1. The third-order valence-corrected chi connectivity index (χ3v) is 4.09. The molecule has 26 heavy (non-hydrogen) atoms. The summed E-state index contributed by atoms with van der Waals surface area (Å²) in [7, 11) is 0. The van der Waals surface area contributed by atoms with Crippen LogP contribution in [0.25, 0.3) is 0 Å². The summed E-state index contributed by atoms with van der Waals surface area (Å²) >= 11 is 0. The molecule has 3 rings (SSSR count). The Balaban J connectivity index is 1.67. The minimum atomic E-state index is 0.568. The van der Waals surface area contributed by atoms with Crippen LogP contribution in [-0.4, -0.2) is 48.8 Å². The summed E-state index contributed by atoms with van der Waals surface area (Å²) in [6.45, 7) is 7.28. The standard InChI is InChI=1S/C19H26N6O/c1-2-20-19(24-15-17-7-3-4-8-21-17)23-14-16-6-5-9-22-18(16)25-10-12-26-13-11-25/h3-9H,2,10-15H2,1H3,(H2,20,23,24). The predicted molar refractivity (Wildman–Crippen MR) is 103 cm³/mol. The molecule has 0 radical (unpaired) electrons. The molecule has 7 nitrogen and oxygen atoms in total. The van der Waals surface area contributed by atoms with Gasteiger partial charge in [-0.3, -0.25) is 4.98 Å². The van der Waals surface area contributed by atoms with Gasteiger partial charge in [0.25, 0.3) is 0 Å². The maximum absolute atomic E-state index is 5.44. The highest BCUT2D eigenvalue weighted by Crippen LogP contribution is 2.19. The molecule has 2 N–H and O–H groups in total. The van der Waals surface area contributed by atoms with Crippen molar-refractivity contribution in [2.24, 2.45) is 4.99 Å². The van der Waals surface area contributed by atoms with Crippen LogP contribution in [-0.2, 0) is 17.8 Å². The number of morpholine rings is 1. The second-order valence-corrected chi connectivity index (χ2v) is 5.96. The molecule has 0 spiro atoms. The lowest BCUT2D eigenvalue weighted by Gasteiger charge is -2.29. The van der Waals surface area contributed by atoms with Crippen LogP contribution in [0.3, 0.4) is 0 Å². The van der Waals surface area contributed by atoms with Crippen molar-refractivity contribution in [3.05, 3.63) is 54.0 Å². The first-order chi connectivity index (χ1) is 12.9. The molecule has 0 unspecified atom stereocenters. The molecule has 2 aromatic rings. The Morgan fingerprint density at radius 2 is 1.96 bits per heavy atom. The molecule has 1 saturated heterocycles. The molecule has 7 heteroatoms. The van der Waals surface area contributed by atoms with Crippen LogP contribution in [0, 0.1) is 0 Å². The molecule has 0 saturated carbocycles. The second-order valence-electron chi connectivity index (χ2n) is 5.96. The van der Waals surface area contributed by atoms with Crippen LogP contribution in [0.15, 0.2) is 47.7 Å². The molecule has 1 aliphatic rings. The van der Waals surface area contributed by atoms with E-state index in [0.29, 0.717) is 13.1 Å². The van der Waals surface area contributed by atoms with Crippen molar-refractivity contribution in [3.8, 4) is 0 Å². The van der Waals surface area contributed by atoms with E-state index >= 15 is 0 Å².